The first kappa shape index (κ1) is 13.4. The average molecular weight is 333 g/mol. The SMILES string of the molecule is Cc1ccc(C)c(C(=O)N2CCc3[nH]c(Br)cc3C2)c1. The van der Waals surface area contributed by atoms with Crippen molar-refractivity contribution < 1.29 is 4.79 Å². The maximum Gasteiger partial charge on any atom is 0.254 e. The second-order valence-electron chi connectivity index (χ2n) is 5.42. The summed E-state index contributed by atoms with van der Waals surface area (Å²) < 4.78 is 0.989. The second kappa shape index (κ2) is 5.09. The van der Waals surface area contributed by atoms with Gasteiger partial charge in [0.2, 0.25) is 0 Å². The maximum absolute atomic E-state index is 12.7. The highest BCUT2D eigenvalue weighted by Crippen LogP contribution is 2.24. The van der Waals surface area contributed by atoms with Gasteiger partial charge in [0, 0.05) is 30.8 Å². The van der Waals surface area contributed by atoms with Crippen molar-refractivity contribution in [2.45, 2.75) is 26.8 Å². The average Bonchev–Trinajstić information content (AvgIpc) is 2.79. The largest absolute Gasteiger partial charge is 0.353 e. The van der Waals surface area contributed by atoms with Crippen LogP contribution in [-0.2, 0) is 13.0 Å². The Morgan fingerprint density at radius 2 is 2.10 bits per heavy atom. The molecule has 20 heavy (non-hydrogen) atoms. The summed E-state index contributed by atoms with van der Waals surface area (Å²) in [6, 6.07) is 8.12. The van der Waals surface area contributed by atoms with Crippen LogP contribution < -0.4 is 0 Å². The van der Waals surface area contributed by atoms with Gasteiger partial charge in [-0.15, -0.1) is 0 Å². The number of aromatic nitrogens is 1. The summed E-state index contributed by atoms with van der Waals surface area (Å²) >= 11 is 3.46. The van der Waals surface area contributed by atoms with E-state index in [0.717, 1.165) is 34.3 Å². The molecule has 1 aromatic heterocycles. The third kappa shape index (κ3) is 2.40. The van der Waals surface area contributed by atoms with Crippen LogP contribution in [0.2, 0.25) is 0 Å². The van der Waals surface area contributed by atoms with Gasteiger partial charge in [0.05, 0.1) is 4.60 Å². The van der Waals surface area contributed by atoms with Gasteiger partial charge in [0.15, 0.2) is 0 Å². The van der Waals surface area contributed by atoms with Gasteiger partial charge >= 0.3 is 0 Å². The standard InChI is InChI=1S/C16H17BrN2O/c1-10-3-4-11(2)13(7-10)16(20)19-6-5-14-12(9-19)8-15(17)18-14/h3-4,7-8,18H,5-6,9H2,1-2H3. The van der Waals surface area contributed by atoms with Crippen molar-refractivity contribution in [2.75, 3.05) is 6.54 Å². The Hall–Kier alpha value is -1.55. The van der Waals surface area contributed by atoms with E-state index in [1.165, 1.54) is 11.3 Å². The number of hydrogen-bond acceptors (Lipinski definition) is 1. The van der Waals surface area contributed by atoms with Gasteiger partial charge in [-0.2, -0.15) is 0 Å². The van der Waals surface area contributed by atoms with Crippen LogP contribution in [0.5, 0.6) is 0 Å². The maximum atomic E-state index is 12.7. The molecule has 104 valence electrons. The van der Waals surface area contributed by atoms with Gasteiger partial charge in [-0.3, -0.25) is 4.79 Å². The van der Waals surface area contributed by atoms with Crippen molar-refractivity contribution >= 4 is 21.8 Å². The van der Waals surface area contributed by atoms with Crippen molar-refractivity contribution in [2.24, 2.45) is 0 Å². The Bertz CT molecular complexity index is 675. The predicted octanol–water partition coefficient (Wildman–Crippen LogP) is 3.59. The third-order valence-corrected chi connectivity index (χ3v) is 4.29. The summed E-state index contributed by atoms with van der Waals surface area (Å²) in [7, 11) is 0. The highest BCUT2D eigenvalue weighted by Gasteiger charge is 2.24. The number of aryl methyl sites for hydroxylation is 2. The molecule has 2 heterocycles. The van der Waals surface area contributed by atoms with Crippen molar-refractivity contribution in [3.05, 3.63) is 56.8 Å². The number of amides is 1. The van der Waals surface area contributed by atoms with Crippen LogP contribution in [0.3, 0.4) is 0 Å². The smallest absolute Gasteiger partial charge is 0.254 e. The van der Waals surface area contributed by atoms with Gasteiger partial charge in [0.1, 0.15) is 0 Å². The molecular formula is C16H17BrN2O. The number of rotatable bonds is 1. The fraction of sp³-hybridized carbons (Fsp3) is 0.312. The number of hydrogen-bond donors (Lipinski definition) is 1. The number of fused-ring (bicyclic) bond motifs is 1. The molecule has 2 aromatic rings. The lowest BCUT2D eigenvalue weighted by Crippen LogP contribution is -2.36. The number of H-pyrrole nitrogens is 1. The minimum atomic E-state index is 0.133. The molecule has 0 radical (unpaired) electrons. The fourth-order valence-corrected chi connectivity index (χ4v) is 3.22. The van der Waals surface area contributed by atoms with Crippen LogP contribution in [0.15, 0.2) is 28.9 Å². The highest BCUT2D eigenvalue weighted by molar-refractivity contribution is 9.10. The van der Waals surface area contributed by atoms with Crippen LogP contribution >= 0.6 is 15.9 Å². The molecule has 0 unspecified atom stereocenters. The lowest BCUT2D eigenvalue weighted by atomic mass is 10.0. The topological polar surface area (TPSA) is 36.1 Å². The van der Waals surface area contributed by atoms with Gasteiger partial charge in [-0.05, 0) is 53.0 Å². The number of halogens is 1. The van der Waals surface area contributed by atoms with E-state index in [1.807, 2.05) is 36.9 Å². The summed E-state index contributed by atoms with van der Waals surface area (Å²) in [4.78, 5) is 17.9. The monoisotopic (exact) mass is 332 g/mol. The first-order valence-electron chi connectivity index (χ1n) is 6.77. The van der Waals surface area contributed by atoms with E-state index in [4.69, 9.17) is 0 Å². The van der Waals surface area contributed by atoms with Crippen LogP contribution in [0.4, 0.5) is 0 Å². The molecule has 3 nitrogen and oxygen atoms in total. The molecule has 0 spiro atoms. The zero-order valence-electron chi connectivity index (χ0n) is 11.7. The number of nitrogens with one attached hydrogen (secondary N) is 1. The minimum absolute atomic E-state index is 0.133. The molecular weight excluding hydrogens is 316 g/mol. The van der Waals surface area contributed by atoms with E-state index in [1.54, 1.807) is 0 Å². The molecule has 1 amide bonds. The van der Waals surface area contributed by atoms with Crippen LogP contribution in [0.1, 0.15) is 32.7 Å². The van der Waals surface area contributed by atoms with E-state index in [2.05, 4.69) is 27.0 Å². The minimum Gasteiger partial charge on any atom is -0.353 e. The molecule has 1 aromatic carbocycles. The molecule has 1 aliphatic heterocycles. The van der Waals surface area contributed by atoms with Crippen molar-refractivity contribution in [3.63, 3.8) is 0 Å². The normalized spacial score (nSPS) is 14.2. The summed E-state index contributed by atoms with van der Waals surface area (Å²) in [5, 5.41) is 0. The Morgan fingerprint density at radius 1 is 1.30 bits per heavy atom. The predicted molar refractivity (Wildman–Crippen MR) is 82.9 cm³/mol. The van der Waals surface area contributed by atoms with Gasteiger partial charge in [-0.25, -0.2) is 0 Å². The zero-order chi connectivity index (χ0) is 14.3. The summed E-state index contributed by atoms with van der Waals surface area (Å²) in [5.41, 5.74) is 5.44. The van der Waals surface area contributed by atoms with Crippen molar-refractivity contribution in [1.82, 2.24) is 9.88 Å². The highest BCUT2D eigenvalue weighted by atomic mass is 79.9. The second-order valence-corrected chi connectivity index (χ2v) is 6.27. The number of nitrogens with zero attached hydrogens (tertiary/aromatic N) is 1. The van der Waals surface area contributed by atoms with Crippen molar-refractivity contribution in [1.29, 1.82) is 0 Å². The van der Waals surface area contributed by atoms with E-state index in [9.17, 15) is 4.79 Å². The molecule has 1 N–H and O–H groups in total. The van der Waals surface area contributed by atoms with E-state index < -0.39 is 0 Å². The lowest BCUT2D eigenvalue weighted by Gasteiger charge is -2.27. The number of aromatic amines is 1. The van der Waals surface area contributed by atoms with Gasteiger partial charge in [-0.1, -0.05) is 17.7 Å². The molecule has 0 aliphatic carbocycles. The Labute approximate surface area is 127 Å². The van der Waals surface area contributed by atoms with Gasteiger partial charge in [0.25, 0.3) is 5.91 Å². The molecule has 0 saturated carbocycles. The zero-order valence-corrected chi connectivity index (χ0v) is 13.3. The Morgan fingerprint density at radius 3 is 2.90 bits per heavy atom. The number of carbonyl (C=O) groups excluding carboxylic acids is 1. The first-order valence-corrected chi connectivity index (χ1v) is 7.56. The van der Waals surface area contributed by atoms with Gasteiger partial charge < -0.3 is 9.88 Å². The number of benzene rings is 1. The first-order chi connectivity index (χ1) is 9.54. The molecule has 0 saturated heterocycles. The Kier molecular flexibility index (Phi) is 3.42. The lowest BCUT2D eigenvalue weighted by molar-refractivity contribution is 0.0733. The molecule has 1 aliphatic rings. The van der Waals surface area contributed by atoms with E-state index >= 15 is 0 Å². The van der Waals surface area contributed by atoms with E-state index in [-0.39, 0.29) is 5.91 Å². The molecule has 0 fully saturated rings. The van der Waals surface area contributed by atoms with Crippen LogP contribution in [0.25, 0.3) is 0 Å². The third-order valence-electron chi connectivity index (χ3n) is 3.86. The summed E-state index contributed by atoms with van der Waals surface area (Å²) in [6.07, 6.45) is 0.886. The molecule has 4 heteroatoms. The summed E-state index contributed by atoms with van der Waals surface area (Å²) in [5.74, 6) is 0.133. The Balaban J connectivity index is 1.87. The van der Waals surface area contributed by atoms with Crippen molar-refractivity contribution in [3.8, 4) is 0 Å². The number of carbonyl (C=O) groups is 1. The summed E-state index contributed by atoms with van der Waals surface area (Å²) in [6.45, 7) is 5.47. The van der Waals surface area contributed by atoms with Crippen LogP contribution in [0, 0.1) is 13.8 Å². The quantitative estimate of drug-likeness (QED) is 0.851. The molecule has 3 rings (SSSR count). The molecule has 0 atom stereocenters. The molecule has 0 bridgehead atoms. The van der Waals surface area contributed by atoms with Crippen LogP contribution in [-0.4, -0.2) is 22.3 Å². The fourth-order valence-electron chi connectivity index (χ4n) is 2.71. The van der Waals surface area contributed by atoms with E-state index in [0.29, 0.717) is 6.54 Å².